The Labute approximate surface area is 89.8 Å². The first-order valence-corrected chi connectivity index (χ1v) is 4.24. The van der Waals surface area contributed by atoms with Gasteiger partial charge in [-0.05, 0) is 12.1 Å². The molecular weight excluding hydrogens is 225 g/mol. The lowest BCUT2D eigenvalue weighted by atomic mass is 10.1. The predicted molar refractivity (Wildman–Crippen MR) is 49.3 cm³/mol. The zero-order valence-electron chi connectivity index (χ0n) is 8.59. The van der Waals surface area contributed by atoms with Crippen LogP contribution in [-0.4, -0.2) is 20.2 Å². The van der Waals surface area contributed by atoms with Crippen LogP contribution in [0.3, 0.4) is 0 Å². The quantitative estimate of drug-likeness (QED) is 0.737. The van der Waals surface area contributed by atoms with Gasteiger partial charge < -0.3 is 9.47 Å². The van der Waals surface area contributed by atoms with E-state index in [0.29, 0.717) is 0 Å². The van der Waals surface area contributed by atoms with E-state index in [1.165, 1.54) is 6.07 Å². The number of ether oxygens (including phenoxy) is 2. The molecule has 1 aromatic carbocycles. The molecule has 16 heavy (non-hydrogen) atoms. The van der Waals surface area contributed by atoms with Gasteiger partial charge in [-0.1, -0.05) is 6.07 Å². The molecule has 0 saturated heterocycles. The van der Waals surface area contributed by atoms with Crippen molar-refractivity contribution in [3.05, 3.63) is 29.3 Å². The molecule has 3 nitrogen and oxygen atoms in total. The molecule has 0 bridgehead atoms. The van der Waals surface area contributed by atoms with E-state index < -0.39 is 29.0 Å². The maximum atomic E-state index is 12.7. The number of hydrogen-bond acceptors (Lipinski definition) is 3. The summed E-state index contributed by atoms with van der Waals surface area (Å²) in [5.74, 6) is -1.46. The van der Waals surface area contributed by atoms with Crippen LogP contribution >= 0.6 is 0 Å². The fourth-order valence-corrected chi connectivity index (χ4v) is 1.27. The van der Waals surface area contributed by atoms with E-state index in [2.05, 4.69) is 9.47 Å². The zero-order chi connectivity index (χ0) is 12.3. The molecule has 1 aromatic rings. The topological polar surface area (TPSA) is 35.5 Å². The summed E-state index contributed by atoms with van der Waals surface area (Å²) in [6.07, 6.45) is -4.67. The van der Waals surface area contributed by atoms with Crippen molar-refractivity contribution in [2.45, 2.75) is 6.18 Å². The van der Waals surface area contributed by atoms with Gasteiger partial charge in [0.05, 0.1) is 19.8 Å². The van der Waals surface area contributed by atoms with E-state index >= 15 is 0 Å². The average molecular weight is 234 g/mol. The molecule has 1 rings (SSSR count). The Morgan fingerprint density at radius 3 is 2.31 bits per heavy atom. The molecular formula is C10H9F3O3. The lowest BCUT2D eigenvalue weighted by molar-refractivity contribution is -0.139. The third kappa shape index (κ3) is 2.26. The van der Waals surface area contributed by atoms with Gasteiger partial charge >= 0.3 is 12.1 Å². The van der Waals surface area contributed by atoms with Gasteiger partial charge in [0.15, 0.2) is 0 Å². The number of alkyl halides is 3. The molecule has 0 radical (unpaired) electrons. The second-order valence-corrected chi connectivity index (χ2v) is 2.87. The van der Waals surface area contributed by atoms with Crippen LogP contribution < -0.4 is 4.74 Å². The van der Waals surface area contributed by atoms with Crippen molar-refractivity contribution in [2.24, 2.45) is 0 Å². The summed E-state index contributed by atoms with van der Waals surface area (Å²) in [4.78, 5) is 11.2. The SMILES string of the molecule is COC(=O)c1cccc(OC)c1C(F)(F)F. The Morgan fingerprint density at radius 1 is 1.25 bits per heavy atom. The molecule has 0 amide bonds. The minimum Gasteiger partial charge on any atom is -0.496 e. The Kier molecular flexibility index (Phi) is 3.41. The molecule has 0 aliphatic rings. The molecule has 0 heterocycles. The second kappa shape index (κ2) is 4.42. The number of benzene rings is 1. The summed E-state index contributed by atoms with van der Waals surface area (Å²) < 4.78 is 47.0. The van der Waals surface area contributed by atoms with Crippen molar-refractivity contribution in [3.8, 4) is 5.75 Å². The highest BCUT2D eigenvalue weighted by Crippen LogP contribution is 2.38. The summed E-state index contributed by atoms with van der Waals surface area (Å²) in [6.45, 7) is 0. The van der Waals surface area contributed by atoms with Crippen LogP contribution in [-0.2, 0) is 10.9 Å². The van der Waals surface area contributed by atoms with Crippen LogP contribution in [0.4, 0.5) is 13.2 Å². The number of halogens is 3. The Balaban J connectivity index is 3.44. The number of esters is 1. The summed E-state index contributed by atoms with van der Waals surface area (Å²) in [6, 6.07) is 3.47. The lowest BCUT2D eigenvalue weighted by Gasteiger charge is -2.14. The van der Waals surface area contributed by atoms with Gasteiger partial charge in [-0.15, -0.1) is 0 Å². The number of carbonyl (C=O) groups is 1. The average Bonchev–Trinajstić information content (AvgIpc) is 2.25. The maximum absolute atomic E-state index is 12.7. The standard InChI is InChI=1S/C10H9F3O3/c1-15-7-5-3-4-6(9(14)16-2)8(7)10(11,12)13/h3-5H,1-2H3. The first-order chi connectivity index (χ1) is 7.41. The van der Waals surface area contributed by atoms with Crippen LogP contribution in [0.2, 0.25) is 0 Å². The van der Waals surface area contributed by atoms with Crippen LogP contribution in [0.5, 0.6) is 5.75 Å². The Hall–Kier alpha value is -1.72. The van der Waals surface area contributed by atoms with E-state index in [1.54, 1.807) is 0 Å². The van der Waals surface area contributed by atoms with E-state index in [4.69, 9.17) is 0 Å². The Morgan fingerprint density at radius 2 is 1.88 bits per heavy atom. The third-order valence-electron chi connectivity index (χ3n) is 1.93. The normalized spacial score (nSPS) is 11.1. The van der Waals surface area contributed by atoms with E-state index in [1.807, 2.05) is 0 Å². The molecule has 0 aliphatic heterocycles. The molecule has 0 aliphatic carbocycles. The molecule has 0 unspecified atom stereocenters. The maximum Gasteiger partial charge on any atom is 0.420 e. The van der Waals surface area contributed by atoms with Crippen molar-refractivity contribution >= 4 is 5.97 Å². The first kappa shape index (κ1) is 12.4. The van der Waals surface area contributed by atoms with E-state index in [0.717, 1.165) is 26.4 Å². The number of hydrogen-bond donors (Lipinski definition) is 0. The van der Waals surface area contributed by atoms with Crippen molar-refractivity contribution < 1.29 is 27.4 Å². The zero-order valence-corrected chi connectivity index (χ0v) is 8.59. The molecule has 0 fully saturated rings. The van der Waals surface area contributed by atoms with Gasteiger partial charge in [-0.3, -0.25) is 0 Å². The highest BCUT2D eigenvalue weighted by atomic mass is 19.4. The van der Waals surface area contributed by atoms with Crippen LogP contribution in [0.25, 0.3) is 0 Å². The van der Waals surface area contributed by atoms with Crippen LogP contribution in [0.1, 0.15) is 15.9 Å². The first-order valence-electron chi connectivity index (χ1n) is 4.24. The summed E-state index contributed by atoms with van der Waals surface area (Å²) in [5, 5.41) is 0. The van der Waals surface area contributed by atoms with Gasteiger partial charge in [0.1, 0.15) is 11.3 Å². The fourth-order valence-electron chi connectivity index (χ4n) is 1.27. The van der Waals surface area contributed by atoms with E-state index in [9.17, 15) is 18.0 Å². The number of methoxy groups -OCH3 is 2. The van der Waals surface area contributed by atoms with Crippen molar-refractivity contribution in [1.29, 1.82) is 0 Å². The van der Waals surface area contributed by atoms with Gasteiger partial charge in [0, 0.05) is 0 Å². The largest absolute Gasteiger partial charge is 0.496 e. The summed E-state index contributed by atoms with van der Waals surface area (Å²) in [5.41, 5.74) is -1.68. The summed E-state index contributed by atoms with van der Waals surface area (Å²) in [7, 11) is 2.12. The smallest absolute Gasteiger partial charge is 0.420 e. The predicted octanol–water partition coefficient (Wildman–Crippen LogP) is 2.50. The molecule has 88 valence electrons. The minimum absolute atomic E-state index is 0.407. The summed E-state index contributed by atoms with van der Waals surface area (Å²) >= 11 is 0. The van der Waals surface area contributed by atoms with Gasteiger partial charge in [0.25, 0.3) is 0 Å². The molecule has 0 saturated carbocycles. The number of carbonyl (C=O) groups excluding carboxylic acids is 1. The third-order valence-corrected chi connectivity index (χ3v) is 1.93. The van der Waals surface area contributed by atoms with Gasteiger partial charge in [-0.2, -0.15) is 13.2 Å². The van der Waals surface area contributed by atoms with Gasteiger partial charge in [0.2, 0.25) is 0 Å². The molecule has 0 spiro atoms. The van der Waals surface area contributed by atoms with Crippen molar-refractivity contribution in [3.63, 3.8) is 0 Å². The minimum atomic E-state index is -4.67. The lowest BCUT2D eigenvalue weighted by Crippen LogP contribution is -2.15. The highest BCUT2D eigenvalue weighted by Gasteiger charge is 2.39. The fraction of sp³-hybridized carbons (Fsp3) is 0.300. The van der Waals surface area contributed by atoms with Crippen molar-refractivity contribution in [2.75, 3.05) is 14.2 Å². The van der Waals surface area contributed by atoms with E-state index in [-0.39, 0.29) is 0 Å². The van der Waals surface area contributed by atoms with Crippen molar-refractivity contribution in [1.82, 2.24) is 0 Å². The van der Waals surface area contributed by atoms with Gasteiger partial charge in [-0.25, -0.2) is 4.79 Å². The highest BCUT2D eigenvalue weighted by molar-refractivity contribution is 5.92. The molecule has 0 aromatic heterocycles. The molecule has 0 N–H and O–H groups in total. The molecule has 0 atom stereocenters. The molecule has 6 heteroatoms. The van der Waals surface area contributed by atoms with Crippen LogP contribution in [0.15, 0.2) is 18.2 Å². The second-order valence-electron chi connectivity index (χ2n) is 2.87. The Bertz CT molecular complexity index is 399. The monoisotopic (exact) mass is 234 g/mol. The van der Waals surface area contributed by atoms with Crippen LogP contribution in [0, 0.1) is 0 Å². The number of rotatable bonds is 2.